The molecule has 142 valence electrons. The molecular weight excluding hydrogens is 326 g/mol. The van der Waals surface area contributed by atoms with Crippen LogP contribution in [0.25, 0.3) is 5.65 Å². The van der Waals surface area contributed by atoms with Gasteiger partial charge in [-0.1, -0.05) is 13.0 Å². The van der Waals surface area contributed by atoms with E-state index in [9.17, 15) is 0 Å². The van der Waals surface area contributed by atoms with Crippen LogP contribution in [-0.4, -0.2) is 58.2 Å². The molecule has 0 unspecified atom stereocenters. The minimum atomic E-state index is 0.509. The number of fused-ring (bicyclic) bond motifs is 1. The van der Waals surface area contributed by atoms with Gasteiger partial charge in [0, 0.05) is 19.3 Å². The summed E-state index contributed by atoms with van der Waals surface area (Å²) in [5.41, 5.74) is 0.856. The van der Waals surface area contributed by atoms with Gasteiger partial charge >= 0.3 is 0 Å². The van der Waals surface area contributed by atoms with Gasteiger partial charge in [-0.3, -0.25) is 4.40 Å². The van der Waals surface area contributed by atoms with Gasteiger partial charge in [0.1, 0.15) is 6.54 Å². The highest BCUT2D eigenvalue weighted by Crippen LogP contribution is 2.19. The monoisotopic (exact) mass is 357 g/mol. The average molecular weight is 358 g/mol. The van der Waals surface area contributed by atoms with Crippen molar-refractivity contribution in [2.45, 2.75) is 39.7 Å². The Kier molecular flexibility index (Phi) is 6.82. The van der Waals surface area contributed by atoms with Crippen LogP contribution in [0.4, 0.5) is 0 Å². The fraction of sp³-hybridized carbons (Fsp3) is 0.632. The van der Waals surface area contributed by atoms with E-state index in [1.54, 1.807) is 0 Å². The smallest absolute Gasteiger partial charge is 0.191 e. The lowest BCUT2D eigenvalue weighted by Crippen LogP contribution is -2.39. The first-order chi connectivity index (χ1) is 12.8. The van der Waals surface area contributed by atoms with E-state index in [0.717, 1.165) is 36.4 Å². The van der Waals surface area contributed by atoms with Crippen molar-refractivity contribution >= 4 is 11.6 Å². The maximum atomic E-state index is 4.68. The van der Waals surface area contributed by atoms with Crippen molar-refractivity contribution in [1.29, 1.82) is 0 Å². The van der Waals surface area contributed by atoms with E-state index >= 15 is 0 Å². The minimum absolute atomic E-state index is 0.509. The molecule has 2 aromatic heterocycles. The fourth-order valence-electron chi connectivity index (χ4n) is 3.48. The summed E-state index contributed by atoms with van der Waals surface area (Å²) in [6, 6.07) is 5.90. The highest BCUT2D eigenvalue weighted by molar-refractivity contribution is 5.79. The molecule has 7 heteroatoms. The van der Waals surface area contributed by atoms with Gasteiger partial charge in [-0.2, -0.15) is 0 Å². The summed E-state index contributed by atoms with van der Waals surface area (Å²) >= 11 is 0. The molecule has 1 saturated heterocycles. The first-order valence-electron chi connectivity index (χ1n) is 9.83. The van der Waals surface area contributed by atoms with E-state index in [1.807, 2.05) is 28.8 Å². The molecule has 0 saturated carbocycles. The van der Waals surface area contributed by atoms with Crippen LogP contribution in [0.5, 0.6) is 0 Å². The summed E-state index contributed by atoms with van der Waals surface area (Å²) in [6.45, 7) is 10.3. The van der Waals surface area contributed by atoms with Crippen molar-refractivity contribution < 1.29 is 0 Å². The third-order valence-corrected chi connectivity index (χ3v) is 5.11. The molecule has 0 radical (unpaired) electrons. The van der Waals surface area contributed by atoms with Crippen molar-refractivity contribution in [2.24, 2.45) is 10.9 Å². The highest BCUT2D eigenvalue weighted by Gasteiger charge is 2.17. The predicted molar refractivity (Wildman–Crippen MR) is 105 cm³/mol. The average Bonchev–Trinajstić information content (AvgIpc) is 3.10. The third kappa shape index (κ3) is 4.94. The third-order valence-electron chi connectivity index (χ3n) is 5.11. The molecule has 0 bridgehead atoms. The van der Waals surface area contributed by atoms with Crippen LogP contribution in [0.3, 0.4) is 0 Å². The first-order valence-corrected chi connectivity index (χ1v) is 9.83. The van der Waals surface area contributed by atoms with Crippen LogP contribution in [0.1, 0.15) is 38.9 Å². The summed E-state index contributed by atoms with van der Waals surface area (Å²) in [6.07, 6.45) is 5.81. The Hall–Kier alpha value is -2.15. The number of aliphatic imine (C=N–C) groups is 1. The number of piperidine rings is 1. The van der Waals surface area contributed by atoms with Crippen molar-refractivity contribution in [1.82, 2.24) is 30.1 Å². The quantitative estimate of drug-likeness (QED) is 0.585. The fourth-order valence-corrected chi connectivity index (χ4v) is 3.48. The Morgan fingerprint density at radius 2 is 2.04 bits per heavy atom. The second-order valence-electron chi connectivity index (χ2n) is 6.83. The van der Waals surface area contributed by atoms with Crippen molar-refractivity contribution in [2.75, 3.05) is 32.7 Å². The second kappa shape index (κ2) is 9.52. The van der Waals surface area contributed by atoms with Gasteiger partial charge in [0.05, 0.1) is 0 Å². The highest BCUT2D eigenvalue weighted by atomic mass is 15.3. The van der Waals surface area contributed by atoms with Crippen LogP contribution < -0.4 is 10.6 Å². The van der Waals surface area contributed by atoms with Gasteiger partial charge in [-0.25, -0.2) is 4.99 Å². The zero-order chi connectivity index (χ0) is 18.2. The van der Waals surface area contributed by atoms with E-state index in [4.69, 9.17) is 0 Å². The SMILES string of the molecule is CCNC(=NCc1nnc2ccccn12)NCCC1CCN(CC)CC1. The maximum Gasteiger partial charge on any atom is 0.191 e. The van der Waals surface area contributed by atoms with E-state index in [1.165, 1.54) is 38.9 Å². The van der Waals surface area contributed by atoms with Crippen LogP contribution >= 0.6 is 0 Å². The molecule has 0 aromatic carbocycles. The van der Waals surface area contributed by atoms with Gasteiger partial charge in [-0.05, 0) is 63.9 Å². The van der Waals surface area contributed by atoms with Crippen LogP contribution in [0.2, 0.25) is 0 Å². The largest absolute Gasteiger partial charge is 0.357 e. The Balaban J connectivity index is 1.49. The number of likely N-dealkylation sites (tertiary alicyclic amines) is 1. The molecule has 0 atom stereocenters. The van der Waals surface area contributed by atoms with E-state index in [2.05, 4.69) is 44.6 Å². The van der Waals surface area contributed by atoms with Crippen molar-refractivity contribution in [3.63, 3.8) is 0 Å². The first kappa shape index (κ1) is 18.6. The van der Waals surface area contributed by atoms with Gasteiger partial charge in [0.15, 0.2) is 17.4 Å². The molecule has 0 amide bonds. The molecule has 3 heterocycles. The summed E-state index contributed by atoms with van der Waals surface area (Å²) in [4.78, 5) is 7.22. The van der Waals surface area contributed by atoms with Gasteiger partial charge in [-0.15, -0.1) is 10.2 Å². The second-order valence-corrected chi connectivity index (χ2v) is 6.83. The number of hydrogen-bond donors (Lipinski definition) is 2. The molecule has 2 aromatic rings. The topological polar surface area (TPSA) is 69.8 Å². The van der Waals surface area contributed by atoms with E-state index in [-0.39, 0.29) is 0 Å². The number of aromatic nitrogens is 3. The summed E-state index contributed by atoms with van der Waals surface area (Å²) in [7, 11) is 0. The number of nitrogens with zero attached hydrogens (tertiary/aromatic N) is 5. The van der Waals surface area contributed by atoms with Crippen molar-refractivity contribution in [3.05, 3.63) is 30.2 Å². The molecule has 26 heavy (non-hydrogen) atoms. The zero-order valence-corrected chi connectivity index (χ0v) is 16.0. The Labute approximate surface area is 155 Å². The van der Waals surface area contributed by atoms with Crippen LogP contribution in [0, 0.1) is 5.92 Å². The van der Waals surface area contributed by atoms with Crippen LogP contribution in [-0.2, 0) is 6.54 Å². The summed E-state index contributed by atoms with van der Waals surface area (Å²) in [5.74, 6) is 2.53. The minimum Gasteiger partial charge on any atom is -0.357 e. The lowest BCUT2D eigenvalue weighted by Gasteiger charge is -2.31. The molecule has 0 aliphatic carbocycles. The van der Waals surface area contributed by atoms with E-state index in [0.29, 0.717) is 6.54 Å². The van der Waals surface area contributed by atoms with Crippen molar-refractivity contribution in [3.8, 4) is 0 Å². The number of nitrogens with one attached hydrogen (secondary N) is 2. The molecule has 1 aliphatic rings. The molecule has 2 N–H and O–H groups in total. The lowest BCUT2D eigenvalue weighted by atomic mass is 9.93. The summed E-state index contributed by atoms with van der Waals surface area (Å²) in [5, 5.41) is 15.2. The predicted octanol–water partition coefficient (Wildman–Crippen LogP) is 1.91. The normalized spacial score (nSPS) is 16.9. The lowest BCUT2D eigenvalue weighted by molar-refractivity contribution is 0.187. The number of guanidine groups is 1. The number of rotatable bonds is 7. The van der Waals surface area contributed by atoms with Crippen LogP contribution in [0.15, 0.2) is 29.4 Å². The van der Waals surface area contributed by atoms with Gasteiger partial charge in [0.2, 0.25) is 0 Å². The van der Waals surface area contributed by atoms with Gasteiger partial charge < -0.3 is 15.5 Å². The molecule has 0 spiro atoms. The van der Waals surface area contributed by atoms with Gasteiger partial charge in [0.25, 0.3) is 0 Å². The maximum absolute atomic E-state index is 4.68. The number of pyridine rings is 1. The van der Waals surface area contributed by atoms with E-state index < -0.39 is 0 Å². The molecule has 1 fully saturated rings. The summed E-state index contributed by atoms with van der Waals surface area (Å²) < 4.78 is 1.98. The Bertz CT molecular complexity index is 701. The molecular formula is C19H31N7. The Morgan fingerprint density at radius 3 is 2.81 bits per heavy atom. The molecule has 3 rings (SSSR count). The molecule has 1 aliphatic heterocycles. The zero-order valence-electron chi connectivity index (χ0n) is 16.0. The standard InChI is InChI=1S/C19H31N7/c1-3-20-19(21-11-8-16-9-13-25(4-2)14-10-16)22-15-18-24-23-17-7-5-6-12-26(17)18/h5-7,12,16H,3-4,8-11,13-15H2,1-2H3,(H2,20,21,22). The molecule has 7 nitrogen and oxygen atoms in total. The Morgan fingerprint density at radius 1 is 1.19 bits per heavy atom. The number of hydrogen-bond acceptors (Lipinski definition) is 4.